The lowest BCUT2D eigenvalue weighted by Gasteiger charge is -2.19. The number of hydrogen-bond donors (Lipinski definition) is 1. The zero-order valence-electron chi connectivity index (χ0n) is 14.5. The SMILES string of the molecule is CN(CCNc1ccc(Cl)cn1)C(=O)c1ccccc1-c1ccccc1. The summed E-state index contributed by atoms with van der Waals surface area (Å²) < 4.78 is 0. The number of amides is 1. The highest BCUT2D eigenvalue weighted by Gasteiger charge is 2.16. The molecule has 0 aliphatic rings. The van der Waals surface area contributed by atoms with Gasteiger partial charge in [-0.2, -0.15) is 0 Å². The highest BCUT2D eigenvalue weighted by molar-refractivity contribution is 6.30. The number of aromatic nitrogens is 1. The molecule has 1 amide bonds. The summed E-state index contributed by atoms with van der Waals surface area (Å²) in [7, 11) is 1.81. The lowest BCUT2D eigenvalue weighted by molar-refractivity contribution is 0.0801. The van der Waals surface area contributed by atoms with Crippen molar-refractivity contribution in [3.8, 4) is 11.1 Å². The van der Waals surface area contributed by atoms with E-state index in [-0.39, 0.29) is 5.91 Å². The molecule has 3 aromatic rings. The van der Waals surface area contributed by atoms with Crippen LogP contribution in [0.4, 0.5) is 5.82 Å². The van der Waals surface area contributed by atoms with Gasteiger partial charge in [-0.25, -0.2) is 4.98 Å². The Morgan fingerprint density at radius 3 is 2.50 bits per heavy atom. The van der Waals surface area contributed by atoms with Gasteiger partial charge in [-0.15, -0.1) is 0 Å². The van der Waals surface area contributed by atoms with Crippen molar-refractivity contribution in [2.75, 3.05) is 25.5 Å². The van der Waals surface area contributed by atoms with E-state index < -0.39 is 0 Å². The van der Waals surface area contributed by atoms with E-state index in [0.29, 0.717) is 23.7 Å². The Balaban J connectivity index is 1.66. The number of benzene rings is 2. The van der Waals surface area contributed by atoms with Crippen LogP contribution >= 0.6 is 11.6 Å². The van der Waals surface area contributed by atoms with Gasteiger partial charge in [0.1, 0.15) is 5.82 Å². The van der Waals surface area contributed by atoms with Gasteiger partial charge in [0.15, 0.2) is 0 Å². The first-order chi connectivity index (χ1) is 12.6. The van der Waals surface area contributed by atoms with Gasteiger partial charge >= 0.3 is 0 Å². The predicted octanol–water partition coefficient (Wildman–Crippen LogP) is 4.59. The summed E-state index contributed by atoms with van der Waals surface area (Å²) in [4.78, 5) is 18.8. The molecule has 0 saturated carbocycles. The van der Waals surface area contributed by atoms with Crippen LogP contribution in [-0.2, 0) is 0 Å². The molecule has 3 rings (SSSR count). The molecule has 0 atom stereocenters. The lowest BCUT2D eigenvalue weighted by atomic mass is 9.99. The maximum absolute atomic E-state index is 12.9. The molecule has 0 saturated heterocycles. The second-order valence-electron chi connectivity index (χ2n) is 5.93. The molecule has 0 radical (unpaired) electrons. The monoisotopic (exact) mass is 365 g/mol. The van der Waals surface area contributed by atoms with Crippen molar-refractivity contribution in [3.63, 3.8) is 0 Å². The Hall–Kier alpha value is -2.85. The molecule has 0 spiro atoms. The van der Waals surface area contributed by atoms with Crippen LogP contribution in [0.3, 0.4) is 0 Å². The van der Waals surface area contributed by atoms with Gasteiger partial charge in [-0.05, 0) is 29.3 Å². The summed E-state index contributed by atoms with van der Waals surface area (Å²) in [5.41, 5.74) is 2.68. The molecule has 1 N–H and O–H groups in total. The van der Waals surface area contributed by atoms with E-state index in [9.17, 15) is 4.79 Å². The first-order valence-corrected chi connectivity index (χ1v) is 8.78. The van der Waals surface area contributed by atoms with Crippen LogP contribution in [0, 0.1) is 0 Å². The first kappa shape index (κ1) is 18.0. The van der Waals surface area contributed by atoms with Crippen molar-refractivity contribution in [3.05, 3.63) is 83.5 Å². The fourth-order valence-electron chi connectivity index (χ4n) is 2.68. The van der Waals surface area contributed by atoms with E-state index in [1.807, 2.05) is 60.7 Å². The van der Waals surface area contributed by atoms with Gasteiger partial charge in [0, 0.05) is 31.9 Å². The van der Waals surface area contributed by atoms with Gasteiger partial charge in [0.2, 0.25) is 0 Å². The van der Waals surface area contributed by atoms with Gasteiger partial charge in [-0.3, -0.25) is 4.79 Å². The number of anilines is 1. The number of pyridine rings is 1. The van der Waals surface area contributed by atoms with E-state index in [2.05, 4.69) is 10.3 Å². The predicted molar refractivity (Wildman–Crippen MR) is 107 cm³/mol. The normalized spacial score (nSPS) is 10.4. The molecular weight excluding hydrogens is 346 g/mol. The van der Waals surface area contributed by atoms with Crippen molar-refractivity contribution in [1.82, 2.24) is 9.88 Å². The Morgan fingerprint density at radius 2 is 1.77 bits per heavy atom. The summed E-state index contributed by atoms with van der Waals surface area (Å²) in [5, 5.41) is 3.79. The van der Waals surface area contributed by atoms with Crippen molar-refractivity contribution in [2.24, 2.45) is 0 Å². The number of likely N-dealkylation sites (N-methyl/N-ethyl adjacent to an activating group) is 1. The molecule has 2 aromatic carbocycles. The number of carbonyl (C=O) groups excluding carboxylic acids is 1. The Labute approximate surface area is 158 Å². The molecule has 1 aromatic heterocycles. The summed E-state index contributed by atoms with van der Waals surface area (Å²) in [6.45, 7) is 1.16. The number of nitrogens with one attached hydrogen (secondary N) is 1. The Bertz CT molecular complexity index is 866. The van der Waals surface area contributed by atoms with E-state index in [1.165, 1.54) is 0 Å². The number of rotatable bonds is 6. The number of carbonyl (C=O) groups is 1. The molecule has 5 heteroatoms. The largest absolute Gasteiger partial charge is 0.368 e. The van der Waals surface area contributed by atoms with Crippen LogP contribution in [0.2, 0.25) is 5.02 Å². The standard InChI is InChI=1S/C21H20ClN3O/c1-25(14-13-23-20-12-11-17(22)15-24-20)21(26)19-10-6-5-9-18(19)16-7-3-2-4-8-16/h2-12,15H,13-14H2,1H3,(H,23,24). The van der Waals surface area contributed by atoms with Crippen molar-refractivity contribution in [2.45, 2.75) is 0 Å². The van der Waals surface area contributed by atoms with E-state index in [4.69, 9.17) is 11.6 Å². The highest BCUT2D eigenvalue weighted by atomic mass is 35.5. The third kappa shape index (κ3) is 4.41. The van der Waals surface area contributed by atoms with E-state index in [1.54, 1.807) is 24.2 Å². The van der Waals surface area contributed by atoms with Crippen LogP contribution in [0.5, 0.6) is 0 Å². The molecule has 0 fully saturated rings. The average molecular weight is 366 g/mol. The smallest absolute Gasteiger partial charge is 0.254 e. The minimum absolute atomic E-state index is 0.00433. The summed E-state index contributed by atoms with van der Waals surface area (Å²) in [5.74, 6) is 0.732. The molecule has 0 unspecified atom stereocenters. The first-order valence-electron chi connectivity index (χ1n) is 8.40. The average Bonchev–Trinajstić information content (AvgIpc) is 2.69. The van der Waals surface area contributed by atoms with Crippen molar-refractivity contribution >= 4 is 23.3 Å². The lowest BCUT2D eigenvalue weighted by Crippen LogP contribution is -2.31. The minimum atomic E-state index is -0.00433. The molecule has 132 valence electrons. The van der Waals surface area contributed by atoms with Crippen LogP contribution in [0.25, 0.3) is 11.1 Å². The van der Waals surface area contributed by atoms with Crippen LogP contribution < -0.4 is 5.32 Å². The molecule has 1 heterocycles. The molecule has 0 aliphatic carbocycles. The number of halogens is 1. The fraction of sp³-hybridized carbons (Fsp3) is 0.143. The third-order valence-electron chi connectivity index (χ3n) is 4.07. The van der Waals surface area contributed by atoms with Crippen LogP contribution in [0.15, 0.2) is 72.9 Å². The Morgan fingerprint density at radius 1 is 1.04 bits per heavy atom. The van der Waals surface area contributed by atoms with Crippen molar-refractivity contribution < 1.29 is 4.79 Å². The topological polar surface area (TPSA) is 45.2 Å². The van der Waals surface area contributed by atoms with Gasteiger partial charge in [0.05, 0.1) is 5.02 Å². The van der Waals surface area contributed by atoms with Crippen LogP contribution in [0.1, 0.15) is 10.4 Å². The maximum atomic E-state index is 12.9. The van der Waals surface area contributed by atoms with E-state index >= 15 is 0 Å². The summed E-state index contributed by atoms with van der Waals surface area (Å²) in [6.07, 6.45) is 1.59. The molecule has 26 heavy (non-hydrogen) atoms. The summed E-state index contributed by atoms with van der Waals surface area (Å²) in [6, 6.07) is 21.2. The zero-order valence-corrected chi connectivity index (χ0v) is 15.3. The minimum Gasteiger partial charge on any atom is -0.368 e. The van der Waals surface area contributed by atoms with Gasteiger partial charge in [-0.1, -0.05) is 60.1 Å². The Kier molecular flexibility index (Phi) is 5.87. The molecule has 0 aliphatic heterocycles. The molecular formula is C21H20ClN3O. The zero-order chi connectivity index (χ0) is 18.4. The third-order valence-corrected chi connectivity index (χ3v) is 4.29. The number of nitrogens with zero attached hydrogens (tertiary/aromatic N) is 2. The maximum Gasteiger partial charge on any atom is 0.254 e. The van der Waals surface area contributed by atoms with E-state index in [0.717, 1.165) is 16.9 Å². The molecule has 0 bridgehead atoms. The molecule has 4 nitrogen and oxygen atoms in total. The fourth-order valence-corrected chi connectivity index (χ4v) is 2.79. The second-order valence-corrected chi connectivity index (χ2v) is 6.36. The quantitative estimate of drug-likeness (QED) is 0.695. The number of hydrogen-bond acceptors (Lipinski definition) is 3. The van der Waals surface area contributed by atoms with Gasteiger partial charge < -0.3 is 10.2 Å². The summed E-state index contributed by atoms with van der Waals surface area (Å²) >= 11 is 5.83. The van der Waals surface area contributed by atoms with Gasteiger partial charge in [0.25, 0.3) is 5.91 Å². The van der Waals surface area contributed by atoms with Crippen molar-refractivity contribution in [1.29, 1.82) is 0 Å². The highest BCUT2D eigenvalue weighted by Crippen LogP contribution is 2.24. The second kappa shape index (κ2) is 8.50. The van der Waals surface area contributed by atoms with Crippen LogP contribution in [-0.4, -0.2) is 35.9 Å².